The van der Waals surface area contributed by atoms with E-state index in [-0.39, 0.29) is 29.8 Å². The van der Waals surface area contributed by atoms with Crippen molar-refractivity contribution < 1.29 is 9.59 Å². The van der Waals surface area contributed by atoms with Crippen LogP contribution in [0.5, 0.6) is 0 Å². The lowest BCUT2D eigenvalue weighted by Crippen LogP contribution is -2.55. The molecule has 2 saturated heterocycles. The molecule has 0 aromatic heterocycles. The van der Waals surface area contributed by atoms with Crippen molar-refractivity contribution in [2.45, 2.75) is 51.1 Å². The Labute approximate surface area is 139 Å². The normalized spacial score (nSPS) is 30.7. The van der Waals surface area contributed by atoms with Crippen molar-refractivity contribution in [3.8, 4) is 0 Å². The number of rotatable bonds is 3. The number of carbonyl (C=O) groups is 2. The van der Waals surface area contributed by atoms with E-state index in [2.05, 4.69) is 4.90 Å². The summed E-state index contributed by atoms with van der Waals surface area (Å²) in [7, 11) is 0. The van der Waals surface area contributed by atoms with Gasteiger partial charge < -0.3 is 15.5 Å². The summed E-state index contributed by atoms with van der Waals surface area (Å²) in [4.78, 5) is 31.2. The zero-order valence-corrected chi connectivity index (χ0v) is 14.2. The highest BCUT2D eigenvalue weighted by Gasteiger charge is 2.34. The fourth-order valence-electron chi connectivity index (χ4n) is 4.19. The first-order chi connectivity index (χ1) is 11.1. The highest BCUT2D eigenvalue weighted by Crippen LogP contribution is 2.26. The molecule has 23 heavy (non-hydrogen) atoms. The molecule has 1 aliphatic carbocycles. The highest BCUT2D eigenvalue weighted by atomic mass is 16.2. The maximum Gasteiger partial charge on any atom is 0.239 e. The summed E-state index contributed by atoms with van der Waals surface area (Å²) in [6.45, 7) is 6.89. The molecular weight excluding hydrogens is 292 g/mol. The van der Waals surface area contributed by atoms with E-state index in [0.29, 0.717) is 0 Å². The van der Waals surface area contributed by atoms with Crippen molar-refractivity contribution >= 4 is 11.8 Å². The average Bonchev–Trinajstić information content (AvgIpc) is 3.24. The van der Waals surface area contributed by atoms with Crippen LogP contribution in [0, 0.1) is 5.92 Å². The summed E-state index contributed by atoms with van der Waals surface area (Å²) < 4.78 is 0. The molecule has 0 aromatic carbocycles. The van der Waals surface area contributed by atoms with E-state index in [1.165, 1.54) is 0 Å². The van der Waals surface area contributed by atoms with Gasteiger partial charge in [-0.05, 0) is 39.0 Å². The van der Waals surface area contributed by atoms with Gasteiger partial charge in [0, 0.05) is 51.2 Å². The number of piperazine rings is 1. The van der Waals surface area contributed by atoms with Crippen molar-refractivity contribution in [3.05, 3.63) is 0 Å². The number of nitrogens with two attached hydrogens (primary N) is 1. The van der Waals surface area contributed by atoms with E-state index in [0.717, 1.165) is 71.4 Å². The van der Waals surface area contributed by atoms with Gasteiger partial charge in [0.25, 0.3) is 0 Å². The molecule has 2 aliphatic heterocycles. The predicted octanol–water partition coefficient (Wildman–Crippen LogP) is 0.269. The highest BCUT2D eigenvalue weighted by molar-refractivity contribution is 5.82. The number of hydrogen-bond acceptors (Lipinski definition) is 4. The van der Waals surface area contributed by atoms with Crippen molar-refractivity contribution in [3.63, 3.8) is 0 Å². The summed E-state index contributed by atoms with van der Waals surface area (Å²) in [5, 5.41) is 0. The Morgan fingerprint density at radius 2 is 1.61 bits per heavy atom. The number of nitrogens with zero attached hydrogens (tertiary/aromatic N) is 3. The van der Waals surface area contributed by atoms with Crippen LogP contribution in [0.25, 0.3) is 0 Å². The molecule has 0 bridgehead atoms. The zero-order chi connectivity index (χ0) is 16.4. The second-order valence-corrected chi connectivity index (χ2v) is 7.34. The van der Waals surface area contributed by atoms with Crippen LogP contribution in [0.2, 0.25) is 0 Å². The quantitative estimate of drug-likeness (QED) is 0.810. The topological polar surface area (TPSA) is 69.9 Å². The van der Waals surface area contributed by atoms with Crippen LogP contribution in [0.4, 0.5) is 0 Å². The van der Waals surface area contributed by atoms with Crippen LogP contribution in [0.1, 0.15) is 39.0 Å². The first-order valence-corrected chi connectivity index (χ1v) is 9.13. The van der Waals surface area contributed by atoms with Gasteiger partial charge in [-0.1, -0.05) is 0 Å². The van der Waals surface area contributed by atoms with Gasteiger partial charge in [0.05, 0.1) is 6.04 Å². The Balaban J connectivity index is 1.48. The Bertz CT molecular complexity index is 442. The molecule has 0 radical (unpaired) electrons. The fraction of sp³-hybridized carbons (Fsp3) is 0.882. The third-order valence-corrected chi connectivity index (χ3v) is 5.77. The van der Waals surface area contributed by atoms with Crippen LogP contribution in [0.15, 0.2) is 0 Å². The van der Waals surface area contributed by atoms with E-state index in [9.17, 15) is 9.59 Å². The minimum atomic E-state index is -0.0646. The molecule has 1 saturated carbocycles. The van der Waals surface area contributed by atoms with Crippen LogP contribution in [-0.4, -0.2) is 77.9 Å². The SMILES string of the molecule is CC(C(=O)N1CCCC1)N1CCN(C(=O)C2CCC(N)C2)CC1. The second kappa shape index (κ2) is 7.18. The van der Waals surface area contributed by atoms with Crippen molar-refractivity contribution in [1.29, 1.82) is 0 Å². The maximum atomic E-state index is 12.5. The Hall–Kier alpha value is -1.14. The van der Waals surface area contributed by atoms with Gasteiger partial charge in [-0.25, -0.2) is 0 Å². The molecule has 3 rings (SSSR count). The molecule has 2 N–H and O–H groups in total. The van der Waals surface area contributed by atoms with Gasteiger partial charge in [-0.3, -0.25) is 14.5 Å². The zero-order valence-electron chi connectivity index (χ0n) is 14.2. The Morgan fingerprint density at radius 1 is 0.957 bits per heavy atom. The van der Waals surface area contributed by atoms with Crippen LogP contribution in [-0.2, 0) is 9.59 Å². The standard InChI is InChI=1S/C17H30N4O2/c1-13(16(22)20-6-2-3-7-20)19-8-10-21(11-9-19)17(23)14-4-5-15(18)12-14/h13-15H,2-12,18H2,1H3. The number of likely N-dealkylation sites (tertiary alicyclic amines) is 1. The molecule has 0 spiro atoms. The molecule has 3 aliphatic rings. The molecule has 3 unspecified atom stereocenters. The third-order valence-electron chi connectivity index (χ3n) is 5.77. The largest absolute Gasteiger partial charge is 0.341 e. The number of amides is 2. The van der Waals surface area contributed by atoms with Crippen molar-refractivity contribution in [2.75, 3.05) is 39.3 Å². The van der Waals surface area contributed by atoms with E-state index < -0.39 is 0 Å². The molecule has 0 aromatic rings. The maximum absolute atomic E-state index is 12.5. The third kappa shape index (κ3) is 3.69. The van der Waals surface area contributed by atoms with Crippen molar-refractivity contribution in [2.24, 2.45) is 11.7 Å². The predicted molar refractivity (Wildman–Crippen MR) is 88.7 cm³/mol. The summed E-state index contributed by atoms with van der Waals surface area (Å²) in [6.07, 6.45) is 5.00. The minimum absolute atomic E-state index is 0.0646. The second-order valence-electron chi connectivity index (χ2n) is 7.34. The van der Waals surface area contributed by atoms with Gasteiger partial charge in [-0.2, -0.15) is 0 Å². The molecule has 2 heterocycles. The molecular formula is C17H30N4O2. The summed E-state index contributed by atoms with van der Waals surface area (Å²) in [6, 6.07) is 0.133. The lowest BCUT2D eigenvalue weighted by atomic mass is 10.1. The van der Waals surface area contributed by atoms with E-state index >= 15 is 0 Å². The molecule has 3 atom stereocenters. The van der Waals surface area contributed by atoms with Gasteiger partial charge >= 0.3 is 0 Å². The minimum Gasteiger partial charge on any atom is -0.341 e. The van der Waals surface area contributed by atoms with Crippen LogP contribution >= 0.6 is 0 Å². The monoisotopic (exact) mass is 322 g/mol. The van der Waals surface area contributed by atoms with Gasteiger partial charge in [-0.15, -0.1) is 0 Å². The molecule has 3 fully saturated rings. The number of hydrogen-bond donors (Lipinski definition) is 1. The lowest BCUT2D eigenvalue weighted by Gasteiger charge is -2.39. The van der Waals surface area contributed by atoms with Crippen molar-refractivity contribution in [1.82, 2.24) is 14.7 Å². The molecule has 130 valence electrons. The van der Waals surface area contributed by atoms with E-state index in [1.54, 1.807) is 0 Å². The first-order valence-electron chi connectivity index (χ1n) is 9.13. The van der Waals surface area contributed by atoms with Gasteiger partial charge in [0.2, 0.25) is 11.8 Å². The molecule has 6 nitrogen and oxygen atoms in total. The van der Waals surface area contributed by atoms with E-state index in [1.807, 2.05) is 16.7 Å². The average molecular weight is 322 g/mol. The first kappa shape index (κ1) is 16.7. The Kier molecular flexibility index (Phi) is 5.21. The van der Waals surface area contributed by atoms with Gasteiger partial charge in [0.15, 0.2) is 0 Å². The van der Waals surface area contributed by atoms with Crippen LogP contribution in [0.3, 0.4) is 0 Å². The summed E-state index contributed by atoms with van der Waals surface area (Å²) in [5.41, 5.74) is 5.93. The van der Waals surface area contributed by atoms with Crippen LogP contribution < -0.4 is 5.73 Å². The lowest BCUT2D eigenvalue weighted by molar-refractivity contribution is -0.140. The fourth-order valence-corrected chi connectivity index (χ4v) is 4.19. The smallest absolute Gasteiger partial charge is 0.239 e. The summed E-state index contributed by atoms with van der Waals surface area (Å²) >= 11 is 0. The summed E-state index contributed by atoms with van der Waals surface area (Å²) in [5.74, 6) is 0.653. The van der Waals surface area contributed by atoms with Gasteiger partial charge in [0.1, 0.15) is 0 Å². The van der Waals surface area contributed by atoms with E-state index in [4.69, 9.17) is 5.73 Å². The molecule has 2 amide bonds. The number of carbonyl (C=O) groups excluding carboxylic acids is 2. The molecule has 6 heteroatoms. The Morgan fingerprint density at radius 3 is 2.17 bits per heavy atom.